The van der Waals surface area contributed by atoms with Gasteiger partial charge < -0.3 is 11.5 Å². The first-order valence-electron chi connectivity index (χ1n) is 3.46. The van der Waals surface area contributed by atoms with Crippen LogP contribution in [0.25, 0.3) is 0 Å². The fraction of sp³-hybridized carbons (Fsp3) is 0.143. The molecule has 4 N–H and O–H groups in total. The summed E-state index contributed by atoms with van der Waals surface area (Å²) in [7, 11) is 0. The standard InChI is InChI=1S/C7H4F6N2/c8-2-3(9)5(14)1(7(11,12)13)6(15)4(2)10/h14-15H2. The van der Waals surface area contributed by atoms with Crippen LogP contribution in [0.1, 0.15) is 5.56 Å². The SMILES string of the molecule is Nc1c(F)c(F)c(F)c(N)c1C(F)(F)F. The number of nitrogen functional groups attached to an aromatic ring is 2. The topological polar surface area (TPSA) is 52.0 Å². The van der Waals surface area contributed by atoms with E-state index in [-0.39, 0.29) is 0 Å². The number of anilines is 2. The molecule has 1 rings (SSSR count). The van der Waals surface area contributed by atoms with Gasteiger partial charge in [0.1, 0.15) is 5.56 Å². The van der Waals surface area contributed by atoms with Crippen molar-refractivity contribution >= 4 is 11.4 Å². The van der Waals surface area contributed by atoms with Gasteiger partial charge in [-0.05, 0) is 0 Å². The summed E-state index contributed by atoms with van der Waals surface area (Å²) in [6, 6.07) is 0. The number of alkyl halides is 3. The molecular formula is C7H4F6N2. The molecule has 0 aliphatic heterocycles. The van der Waals surface area contributed by atoms with Crippen LogP contribution in [0.2, 0.25) is 0 Å². The second kappa shape index (κ2) is 3.21. The summed E-state index contributed by atoms with van der Waals surface area (Å²) in [5.74, 6) is -6.33. The van der Waals surface area contributed by atoms with Crippen molar-refractivity contribution in [2.75, 3.05) is 11.5 Å². The van der Waals surface area contributed by atoms with Crippen molar-refractivity contribution in [1.29, 1.82) is 0 Å². The lowest BCUT2D eigenvalue weighted by Gasteiger charge is -2.14. The number of hydrogen-bond acceptors (Lipinski definition) is 2. The van der Waals surface area contributed by atoms with Gasteiger partial charge in [0.2, 0.25) is 0 Å². The zero-order valence-corrected chi connectivity index (χ0v) is 6.92. The van der Waals surface area contributed by atoms with Crippen molar-refractivity contribution in [3.8, 4) is 0 Å². The zero-order chi connectivity index (χ0) is 12.0. The molecule has 0 aromatic heterocycles. The number of nitrogens with two attached hydrogens (primary N) is 2. The molecule has 1 aromatic carbocycles. The third-order valence-corrected chi connectivity index (χ3v) is 1.68. The molecule has 0 amide bonds. The fourth-order valence-corrected chi connectivity index (χ4v) is 1.00. The number of benzene rings is 1. The van der Waals surface area contributed by atoms with Gasteiger partial charge in [-0.1, -0.05) is 0 Å². The van der Waals surface area contributed by atoms with E-state index < -0.39 is 40.6 Å². The van der Waals surface area contributed by atoms with Crippen molar-refractivity contribution < 1.29 is 26.3 Å². The largest absolute Gasteiger partial charge is 0.420 e. The number of hydrogen-bond donors (Lipinski definition) is 2. The Bertz CT molecular complexity index is 382. The highest BCUT2D eigenvalue weighted by Gasteiger charge is 2.39. The van der Waals surface area contributed by atoms with E-state index in [4.69, 9.17) is 0 Å². The molecule has 0 aliphatic rings. The van der Waals surface area contributed by atoms with Crippen molar-refractivity contribution in [3.05, 3.63) is 23.0 Å². The van der Waals surface area contributed by atoms with E-state index in [1.54, 1.807) is 0 Å². The van der Waals surface area contributed by atoms with Crippen LogP contribution in [-0.2, 0) is 6.18 Å². The molecule has 2 nitrogen and oxygen atoms in total. The quantitative estimate of drug-likeness (QED) is 0.408. The molecule has 0 unspecified atom stereocenters. The van der Waals surface area contributed by atoms with Crippen molar-refractivity contribution in [3.63, 3.8) is 0 Å². The Labute approximate surface area is 79.5 Å². The Hall–Kier alpha value is -1.60. The van der Waals surface area contributed by atoms with E-state index in [0.717, 1.165) is 0 Å². The minimum Gasteiger partial charge on any atom is -0.396 e. The first kappa shape index (κ1) is 11.5. The van der Waals surface area contributed by atoms with Gasteiger partial charge in [0.15, 0.2) is 17.5 Å². The van der Waals surface area contributed by atoms with E-state index in [1.165, 1.54) is 0 Å². The molecule has 0 saturated carbocycles. The molecule has 0 spiro atoms. The summed E-state index contributed by atoms with van der Waals surface area (Å²) in [5.41, 5.74) is 4.30. The summed E-state index contributed by atoms with van der Waals surface area (Å²) in [6.45, 7) is 0. The van der Waals surface area contributed by atoms with Crippen molar-refractivity contribution in [1.82, 2.24) is 0 Å². The van der Waals surface area contributed by atoms with Crippen LogP contribution in [0.5, 0.6) is 0 Å². The van der Waals surface area contributed by atoms with E-state index in [1.807, 2.05) is 0 Å². The molecule has 0 heterocycles. The average molecular weight is 230 g/mol. The van der Waals surface area contributed by atoms with Crippen LogP contribution < -0.4 is 11.5 Å². The minimum atomic E-state index is -5.15. The lowest BCUT2D eigenvalue weighted by Crippen LogP contribution is -2.17. The fourth-order valence-electron chi connectivity index (χ4n) is 1.00. The molecule has 15 heavy (non-hydrogen) atoms. The molecule has 0 atom stereocenters. The number of halogens is 6. The van der Waals surface area contributed by atoms with E-state index in [0.29, 0.717) is 0 Å². The van der Waals surface area contributed by atoms with E-state index in [9.17, 15) is 26.3 Å². The highest BCUT2D eigenvalue weighted by atomic mass is 19.4. The van der Waals surface area contributed by atoms with Gasteiger partial charge >= 0.3 is 6.18 Å². The van der Waals surface area contributed by atoms with E-state index in [2.05, 4.69) is 11.5 Å². The maximum Gasteiger partial charge on any atom is 0.420 e. The van der Waals surface area contributed by atoms with Gasteiger partial charge in [0, 0.05) is 0 Å². The first-order chi connectivity index (χ1) is 6.68. The van der Waals surface area contributed by atoms with Gasteiger partial charge in [-0.15, -0.1) is 0 Å². The monoisotopic (exact) mass is 230 g/mol. The molecule has 0 bridgehead atoms. The van der Waals surface area contributed by atoms with Gasteiger partial charge in [0.05, 0.1) is 11.4 Å². The average Bonchev–Trinajstić information content (AvgIpc) is 2.09. The second-order valence-corrected chi connectivity index (χ2v) is 2.64. The second-order valence-electron chi connectivity index (χ2n) is 2.64. The Morgan fingerprint density at radius 1 is 0.733 bits per heavy atom. The summed E-state index contributed by atoms with van der Waals surface area (Å²) in [6.07, 6.45) is -5.15. The van der Waals surface area contributed by atoms with Crippen LogP contribution in [0, 0.1) is 17.5 Å². The smallest absolute Gasteiger partial charge is 0.396 e. The Morgan fingerprint density at radius 2 is 1.07 bits per heavy atom. The van der Waals surface area contributed by atoms with Gasteiger partial charge in [0.25, 0.3) is 0 Å². The van der Waals surface area contributed by atoms with Crippen molar-refractivity contribution in [2.45, 2.75) is 6.18 Å². The maximum absolute atomic E-state index is 12.7. The number of rotatable bonds is 0. The summed E-state index contributed by atoms with van der Waals surface area (Å²) in [4.78, 5) is 0. The molecule has 84 valence electrons. The molecule has 0 saturated heterocycles. The lowest BCUT2D eigenvalue weighted by atomic mass is 10.1. The first-order valence-corrected chi connectivity index (χ1v) is 3.46. The normalized spacial score (nSPS) is 11.9. The van der Waals surface area contributed by atoms with Gasteiger partial charge in [-0.25, -0.2) is 13.2 Å². The third kappa shape index (κ3) is 1.66. The summed E-state index contributed by atoms with van der Waals surface area (Å²) in [5, 5.41) is 0. The van der Waals surface area contributed by atoms with Crippen LogP contribution in [0.15, 0.2) is 0 Å². The highest BCUT2D eigenvalue weighted by molar-refractivity contribution is 5.64. The Kier molecular flexibility index (Phi) is 2.46. The lowest BCUT2D eigenvalue weighted by molar-refractivity contribution is -0.136. The Balaban J connectivity index is 3.68. The minimum absolute atomic E-state index is 1.56. The van der Waals surface area contributed by atoms with Crippen LogP contribution in [-0.4, -0.2) is 0 Å². The molecular weight excluding hydrogens is 226 g/mol. The molecule has 0 radical (unpaired) electrons. The van der Waals surface area contributed by atoms with Gasteiger partial charge in [-0.3, -0.25) is 0 Å². The van der Waals surface area contributed by atoms with Crippen LogP contribution in [0.3, 0.4) is 0 Å². The zero-order valence-electron chi connectivity index (χ0n) is 6.92. The summed E-state index contributed by atoms with van der Waals surface area (Å²) >= 11 is 0. The molecule has 0 aliphatic carbocycles. The Morgan fingerprint density at radius 3 is 1.33 bits per heavy atom. The van der Waals surface area contributed by atoms with Crippen LogP contribution >= 0.6 is 0 Å². The predicted molar refractivity (Wildman–Crippen MR) is 40.1 cm³/mol. The highest BCUT2D eigenvalue weighted by Crippen LogP contribution is 2.41. The maximum atomic E-state index is 12.7. The van der Waals surface area contributed by atoms with Gasteiger partial charge in [-0.2, -0.15) is 13.2 Å². The third-order valence-electron chi connectivity index (χ3n) is 1.68. The molecule has 0 fully saturated rings. The van der Waals surface area contributed by atoms with Crippen LogP contribution in [0.4, 0.5) is 37.7 Å². The summed E-state index contributed by atoms with van der Waals surface area (Å²) < 4.78 is 74.4. The van der Waals surface area contributed by atoms with E-state index >= 15 is 0 Å². The van der Waals surface area contributed by atoms with Crippen molar-refractivity contribution in [2.24, 2.45) is 0 Å². The molecule has 1 aromatic rings. The molecule has 8 heteroatoms. The predicted octanol–water partition coefficient (Wildman–Crippen LogP) is 2.29.